The highest BCUT2D eigenvalue weighted by molar-refractivity contribution is 5.35. The molecule has 0 unspecified atom stereocenters. The Bertz CT molecular complexity index is 1050. The van der Waals surface area contributed by atoms with Crippen molar-refractivity contribution in [2.75, 3.05) is 5.32 Å². The summed E-state index contributed by atoms with van der Waals surface area (Å²) in [6.07, 6.45) is 3.59. The molecule has 0 radical (unpaired) electrons. The lowest BCUT2D eigenvalue weighted by Crippen LogP contribution is -2.05. The van der Waals surface area contributed by atoms with Crippen molar-refractivity contribution in [3.05, 3.63) is 108 Å². The van der Waals surface area contributed by atoms with Crippen LogP contribution >= 0.6 is 0 Å². The topological polar surface area (TPSA) is 52.0 Å². The first-order valence-corrected chi connectivity index (χ1v) is 9.39. The van der Waals surface area contributed by atoms with E-state index in [9.17, 15) is 4.39 Å². The molecule has 0 aliphatic heterocycles. The SMILES string of the molecule is Fc1ccccc1Cn1ccc(NCc2ccc(OCc3ccccn3)cc2)n1. The number of pyridine rings is 1. The van der Waals surface area contributed by atoms with Crippen LogP contribution in [0.3, 0.4) is 0 Å². The van der Waals surface area contributed by atoms with Gasteiger partial charge in [0.2, 0.25) is 0 Å². The fourth-order valence-electron chi connectivity index (χ4n) is 2.88. The summed E-state index contributed by atoms with van der Waals surface area (Å²) in [7, 11) is 0. The molecule has 5 nitrogen and oxygen atoms in total. The van der Waals surface area contributed by atoms with Crippen LogP contribution in [0.2, 0.25) is 0 Å². The molecule has 4 aromatic rings. The second kappa shape index (κ2) is 9.01. The van der Waals surface area contributed by atoms with E-state index in [-0.39, 0.29) is 5.82 Å². The fraction of sp³-hybridized carbons (Fsp3) is 0.130. The van der Waals surface area contributed by atoms with Gasteiger partial charge in [0.15, 0.2) is 0 Å². The Balaban J connectivity index is 1.28. The lowest BCUT2D eigenvalue weighted by atomic mass is 10.2. The van der Waals surface area contributed by atoms with Crippen LogP contribution in [0.5, 0.6) is 5.75 Å². The fourth-order valence-corrected chi connectivity index (χ4v) is 2.88. The van der Waals surface area contributed by atoms with Gasteiger partial charge < -0.3 is 10.1 Å². The summed E-state index contributed by atoms with van der Waals surface area (Å²) in [6.45, 7) is 1.48. The van der Waals surface area contributed by atoms with Gasteiger partial charge in [0.1, 0.15) is 24.0 Å². The summed E-state index contributed by atoms with van der Waals surface area (Å²) in [5.74, 6) is 1.33. The Kier molecular flexibility index (Phi) is 5.81. The monoisotopic (exact) mass is 388 g/mol. The zero-order valence-corrected chi connectivity index (χ0v) is 15.8. The molecule has 29 heavy (non-hydrogen) atoms. The predicted octanol–water partition coefficient (Wildman–Crippen LogP) is 4.66. The summed E-state index contributed by atoms with van der Waals surface area (Å²) in [6, 6.07) is 22.3. The number of benzene rings is 2. The van der Waals surface area contributed by atoms with Crippen LogP contribution in [0, 0.1) is 5.82 Å². The quantitative estimate of drug-likeness (QED) is 0.477. The van der Waals surface area contributed by atoms with E-state index in [2.05, 4.69) is 15.4 Å². The third-order valence-corrected chi connectivity index (χ3v) is 4.44. The van der Waals surface area contributed by atoms with Gasteiger partial charge in [-0.15, -0.1) is 0 Å². The van der Waals surface area contributed by atoms with Crippen molar-refractivity contribution in [3.8, 4) is 5.75 Å². The van der Waals surface area contributed by atoms with Crippen molar-refractivity contribution in [3.63, 3.8) is 0 Å². The van der Waals surface area contributed by atoms with Crippen molar-refractivity contribution in [1.82, 2.24) is 14.8 Å². The van der Waals surface area contributed by atoms with Crippen LogP contribution in [-0.2, 0) is 19.7 Å². The van der Waals surface area contributed by atoms with Crippen molar-refractivity contribution in [2.45, 2.75) is 19.7 Å². The molecule has 1 N–H and O–H groups in total. The zero-order valence-electron chi connectivity index (χ0n) is 15.8. The first kappa shape index (κ1) is 18.7. The molecule has 2 aromatic heterocycles. The second-order valence-electron chi connectivity index (χ2n) is 6.60. The predicted molar refractivity (Wildman–Crippen MR) is 110 cm³/mol. The van der Waals surface area contributed by atoms with Gasteiger partial charge in [-0.25, -0.2) is 4.39 Å². The van der Waals surface area contributed by atoms with Crippen molar-refractivity contribution < 1.29 is 9.13 Å². The largest absolute Gasteiger partial charge is 0.487 e. The van der Waals surface area contributed by atoms with Gasteiger partial charge in [0, 0.05) is 30.6 Å². The minimum absolute atomic E-state index is 0.220. The number of rotatable bonds is 8. The van der Waals surface area contributed by atoms with Crippen molar-refractivity contribution in [2.24, 2.45) is 0 Å². The summed E-state index contributed by atoms with van der Waals surface area (Å²) in [5, 5.41) is 7.73. The maximum absolute atomic E-state index is 13.8. The highest BCUT2D eigenvalue weighted by atomic mass is 19.1. The molecule has 2 heterocycles. The summed E-state index contributed by atoms with van der Waals surface area (Å²) < 4.78 is 21.2. The molecule has 0 saturated heterocycles. The molecule has 6 heteroatoms. The molecular weight excluding hydrogens is 367 g/mol. The molecule has 0 aliphatic rings. The molecule has 0 aliphatic carbocycles. The van der Waals surface area contributed by atoms with Gasteiger partial charge in [0.25, 0.3) is 0 Å². The highest BCUT2D eigenvalue weighted by Gasteiger charge is 2.04. The van der Waals surface area contributed by atoms with E-state index in [1.54, 1.807) is 23.0 Å². The lowest BCUT2D eigenvalue weighted by Gasteiger charge is -2.08. The molecule has 0 bridgehead atoms. The maximum Gasteiger partial charge on any atom is 0.148 e. The van der Waals surface area contributed by atoms with Gasteiger partial charge in [-0.1, -0.05) is 36.4 Å². The molecule has 4 rings (SSSR count). The third kappa shape index (κ3) is 5.19. The highest BCUT2D eigenvalue weighted by Crippen LogP contribution is 2.15. The molecule has 0 spiro atoms. The first-order valence-electron chi connectivity index (χ1n) is 9.39. The molecule has 146 valence electrons. The van der Waals surface area contributed by atoms with Gasteiger partial charge in [0.05, 0.1) is 12.2 Å². The van der Waals surface area contributed by atoms with E-state index < -0.39 is 0 Å². The van der Waals surface area contributed by atoms with Gasteiger partial charge >= 0.3 is 0 Å². The Morgan fingerprint density at radius 1 is 0.931 bits per heavy atom. The van der Waals surface area contributed by atoms with Gasteiger partial charge in [-0.05, 0) is 35.9 Å². The van der Waals surface area contributed by atoms with Crippen LogP contribution in [0.15, 0.2) is 85.2 Å². The number of hydrogen-bond donors (Lipinski definition) is 1. The summed E-state index contributed by atoms with van der Waals surface area (Å²) in [5.41, 5.74) is 2.62. The molecule has 2 aromatic carbocycles. The molecule has 0 atom stereocenters. The average molecular weight is 388 g/mol. The Morgan fingerprint density at radius 3 is 2.55 bits per heavy atom. The average Bonchev–Trinajstić information content (AvgIpc) is 3.21. The number of nitrogens with zero attached hydrogens (tertiary/aromatic N) is 3. The number of nitrogens with one attached hydrogen (secondary N) is 1. The van der Waals surface area contributed by atoms with Crippen LogP contribution < -0.4 is 10.1 Å². The van der Waals surface area contributed by atoms with E-state index in [1.807, 2.05) is 60.8 Å². The second-order valence-corrected chi connectivity index (χ2v) is 6.60. The van der Waals surface area contributed by atoms with Gasteiger partial charge in [-0.2, -0.15) is 5.10 Å². The van der Waals surface area contributed by atoms with Crippen LogP contribution in [0.25, 0.3) is 0 Å². The summed E-state index contributed by atoms with van der Waals surface area (Å²) in [4.78, 5) is 4.24. The smallest absolute Gasteiger partial charge is 0.148 e. The van der Waals surface area contributed by atoms with E-state index in [4.69, 9.17) is 4.74 Å². The van der Waals surface area contributed by atoms with E-state index in [1.165, 1.54) is 6.07 Å². The first-order chi connectivity index (χ1) is 14.3. The maximum atomic E-state index is 13.8. The van der Waals surface area contributed by atoms with Crippen molar-refractivity contribution >= 4 is 5.82 Å². The molecule has 0 amide bonds. The zero-order chi connectivity index (χ0) is 19.9. The Hall–Kier alpha value is -3.67. The normalized spacial score (nSPS) is 10.7. The molecule has 0 saturated carbocycles. The van der Waals surface area contributed by atoms with E-state index in [0.29, 0.717) is 25.3 Å². The number of aromatic nitrogens is 3. The number of halogens is 1. The summed E-state index contributed by atoms with van der Waals surface area (Å²) >= 11 is 0. The number of anilines is 1. The minimum atomic E-state index is -0.220. The lowest BCUT2D eigenvalue weighted by molar-refractivity contribution is 0.301. The van der Waals surface area contributed by atoms with Crippen LogP contribution in [-0.4, -0.2) is 14.8 Å². The Morgan fingerprint density at radius 2 is 1.76 bits per heavy atom. The standard InChI is InChI=1S/C23H21FN4O/c24-22-7-2-1-5-19(22)16-28-14-12-23(27-28)26-15-18-8-10-21(11-9-18)29-17-20-6-3-4-13-25-20/h1-14H,15-17H2,(H,26,27). The third-order valence-electron chi connectivity index (χ3n) is 4.44. The molecular formula is C23H21FN4O. The Labute approximate surface area is 168 Å². The van der Waals surface area contributed by atoms with Crippen LogP contribution in [0.4, 0.5) is 10.2 Å². The molecule has 0 fully saturated rings. The number of hydrogen-bond acceptors (Lipinski definition) is 4. The van der Waals surface area contributed by atoms with Crippen molar-refractivity contribution in [1.29, 1.82) is 0 Å². The number of ether oxygens (including phenoxy) is 1. The van der Waals surface area contributed by atoms with Crippen LogP contribution in [0.1, 0.15) is 16.8 Å². The van der Waals surface area contributed by atoms with E-state index >= 15 is 0 Å². The van der Waals surface area contributed by atoms with E-state index in [0.717, 1.165) is 22.8 Å². The minimum Gasteiger partial charge on any atom is -0.487 e. The van der Waals surface area contributed by atoms with Gasteiger partial charge in [-0.3, -0.25) is 9.67 Å².